The maximum absolute atomic E-state index is 12.9. The second-order valence-electron chi connectivity index (χ2n) is 4.35. The first-order valence-electron chi connectivity index (χ1n) is 6.25. The lowest BCUT2D eigenvalue weighted by molar-refractivity contribution is 0.625. The highest BCUT2D eigenvalue weighted by Gasteiger charge is 2.09. The lowest BCUT2D eigenvalue weighted by atomic mass is 10.0. The Morgan fingerprint density at radius 3 is 2.26 bits per heavy atom. The number of hydrogen-bond acceptors (Lipinski definition) is 2. The number of rotatable bonds is 4. The maximum atomic E-state index is 12.9. The van der Waals surface area contributed by atoms with Gasteiger partial charge in [0.15, 0.2) is 0 Å². The van der Waals surface area contributed by atoms with Crippen LogP contribution < -0.4 is 5.32 Å². The number of nitrogens with one attached hydrogen (secondary N) is 1. The van der Waals surface area contributed by atoms with Crippen LogP contribution in [0.2, 0.25) is 0 Å². The first-order chi connectivity index (χ1) is 9.22. The van der Waals surface area contributed by atoms with Crippen LogP contribution in [0.15, 0.2) is 48.5 Å². The molecule has 0 fully saturated rings. The Kier molecular flexibility index (Phi) is 4.15. The van der Waals surface area contributed by atoms with Crippen LogP contribution in [0.1, 0.15) is 30.5 Å². The van der Waals surface area contributed by atoms with Crippen molar-refractivity contribution in [2.75, 3.05) is 5.32 Å². The Bertz CT molecular complexity index is 567. The molecule has 0 amide bonds. The van der Waals surface area contributed by atoms with Crippen molar-refractivity contribution in [3.8, 4) is 6.07 Å². The van der Waals surface area contributed by atoms with Crippen molar-refractivity contribution in [1.82, 2.24) is 0 Å². The molecule has 2 aromatic carbocycles. The van der Waals surface area contributed by atoms with E-state index in [-0.39, 0.29) is 11.9 Å². The van der Waals surface area contributed by atoms with Crippen molar-refractivity contribution in [1.29, 1.82) is 5.26 Å². The Labute approximate surface area is 112 Å². The largest absolute Gasteiger partial charge is 0.378 e. The molecular weight excluding hydrogens is 239 g/mol. The molecule has 2 aromatic rings. The number of benzene rings is 2. The summed E-state index contributed by atoms with van der Waals surface area (Å²) in [4.78, 5) is 0. The van der Waals surface area contributed by atoms with Gasteiger partial charge < -0.3 is 5.32 Å². The van der Waals surface area contributed by atoms with Gasteiger partial charge in [-0.1, -0.05) is 19.1 Å². The summed E-state index contributed by atoms with van der Waals surface area (Å²) >= 11 is 0. The standard InChI is InChI=1S/C16H15FN2/c1-2-16(13-5-7-14(17)8-6-13)19-15-9-3-12(11-18)4-10-15/h3-10,16,19H,2H2,1H3. The summed E-state index contributed by atoms with van der Waals surface area (Å²) in [6, 6.07) is 16.1. The summed E-state index contributed by atoms with van der Waals surface area (Å²) in [5.41, 5.74) is 2.64. The second-order valence-corrected chi connectivity index (χ2v) is 4.35. The number of nitriles is 1. The van der Waals surface area contributed by atoms with E-state index in [2.05, 4.69) is 18.3 Å². The molecule has 19 heavy (non-hydrogen) atoms. The van der Waals surface area contributed by atoms with Gasteiger partial charge in [-0.05, 0) is 48.4 Å². The highest BCUT2D eigenvalue weighted by atomic mass is 19.1. The molecule has 96 valence electrons. The van der Waals surface area contributed by atoms with E-state index >= 15 is 0 Å². The van der Waals surface area contributed by atoms with Gasteiger partial charge in [-0.25, -0.2) is 4.39 Å². The van der Waals surface area contributed by atoms with Crippen molar-refractivity contribution in [2.45, 2.75) is 19.4 Å². The molecule has 1 atom stereocenters. The van der Waals surface area contributed by atoms with Gasteiger partial charge in [0.05, 0.1) is 17.7 Å². The van der Waals surface area contributed by atoms with Crippen LogP contribution >= 0.6 is 0 Å². The van der Waals surface area contributed by atoms with E-state index in [4.69, 9.17) is 5.26 Å². The van der Waals surface area contributed by atoms with Crippen molar-refractivity contribution >= 4 is 5.69 Å². The van der Waals surface area contributed by atoms with Gasteiger partial charge in [-0.3, -0.25) is 0 Å². The van der Waals surface area contributed by atoms with Gasteiger partial charge in [0, 0.05) is 5.69 Å². The van der Waals surface area contributed by atoms with Crippen LogP contribution in [0.25, 0.3) is 0 Å². The molecule has 0 heterocycles. The molecule has 0 radical (unpaired) electrons. The van der Waals surface area contributed by atoms with Crippen LogP contribution in [0, 0.1) is 17.1 Å². The summed E-state index contributed by atoms with van der Waals surface area (Å²) in [7, 11) is 0. The number of nitrogens with zero attached hydrogens (tertiary/aromatic N) is 1. The third-order valence-electron chi connectivity index (χ3n) is 3.04. The van der Waals surface area contributed by atoms with E-state index in [9.17, 15) is 4.39 Å². The molecule has 1 N–H and O–H groups in total. The first-order valence-corrected chi connectivity index (χ1v) is 6.25. The highest BCUT2D eigenvalue weighted by molar-refractivity contribution is 5.48. The van der Waals surface area contributed by atoms with Crippen molar-refractivity contribution in [3.63, 3.8) is 0 Å². The molecule has 0 aliphatic heterocycles. The van der Waals surface area contributed by atoms with E-state index in [0.29, 0.717) is 5.56 Å². The molecule has 2 nitrogen and oxygen atoms in total. The van der Waals surface area contributed by atoms with Gasteiger partial charge in [0.25, 0.3) is 0 Å². The molecule has 2 rings (SSSR count). The summed E-state index contributed by atoms with van der Waals surface area (Å²) in [5, 5.41) is 12.1. The van der Waals surface area contributed by atoms with Crippen LogP contribution in [0.4, 0.5) is 10.1 Å². The summed E-state index contributed by atoms with van der Waals surface area (Å²) in [6.45, 7) is 2.07. The summed E-state index contributed by atoms with van der Waals surface area (Å²) in [5.74, 6) is -0.225. The minimum Gasteiger partial charge on any atom is -0.378 e. The minimum atomic E-state index is -0.225. The van der Waals surface area contributed by atoms with E-state index in [1.807, 2.05) is 12.1 Å². The fraction of sp³-hybridized carbons (Fsp3) is 0.188. The minimum absolute atomic E-state index is 0.133. The van der Waals surface area contributed by atoms with Crippen LogP contribution in [-0.4, -0.2) is 0 Å². The number of hydrogen-bond donors (Lipinski definition) is 1. The smallest absolute Gasteiger partial charge is 0.123 e. The summed E-state index contributed by atoms with van der Waals surface area (Å²) < 4.78 is 12.9. The van der Waals surface area contributed by atoms with Gasteiger partial charge in [0.2, 0.25) is 0 Å². The molecule has 0 bridgehead atoms. The molecule has 0 aliphatic carbocycles. The second kappa shape index (κ2) is 6.01. The quantitative estimate of drug-likeness (QED) is 0.884. The molecule has 0 aliphatic rings. The highest BCUT2D eigenvalue weighted by Crippen LogP contribution is 2.22. The first kappa shape index (κ1) is 13.1. The Morgan fingerprint density at radius 1 is 1.11 bits per heavy atom. The maximum Gasteiger partial charge on any atom is 0.123 e. The van der Waals surface area contributed by atoms with E-state index < -0.39 is 0 Å². The molecular formula is C16H15FN2. The molecule has 3 heteroatoms. The molecule has 0 aromatic heterocycles. The number of anilines is 1. The van der Waals surface area contributed by atoms with Crippen molar-refractivity contribution in [2.24, 2.45) is 0 Å². The fourth-order valence-corrected chi connectivity index (χ4v) is 1.96. The average Bonchev–Trinajstić information content (AvgIpc) is 2.46. The SMILES string of the molecule is CCC(Nc1ccc(C#N)cc1)c1ccc(F)cc1. The molecule has 0 saturated carbocycles. The molecule has 1 unspecified atom stereocenters. The molecule has 0 spiro atoms. The van der Waals surface area contributed by atoms with E-state index in [1.165, 1.54) is 12.1 Å². The van der Waals surface area contributed by atoms with Gasteiger partial charge in [0.1, 0.15) is 5.82 Å². The lowest BCUT2D eigenvalue weighted by Gasteiger charge is -2.18. The van der Waals surface area contributed by atoms with Crippen molar-refractivity contribution < 1.29 is 4.39 Å². The fourth-order valence-electron chi connectivity index (χ4n) is 1.96. The van der Waals surface area contributed by atoms with Crippen molar-refractivity contribution in [3.05, 3.63) is 65.5 Å². The normalized spacial score (nSPS) is 11.6. The Balaban J connectivity index is 2.14. The predicted octanol–water partition coefficient (Wildman–Crippen LogP) is 4.26. The third kappa shape index (κ3) is 3.32. The average molecular weight is 254 g/mol. The number of halogens is 1. The van der Waals surface area contributed by atoms with Gasteiger partial charge in [-0.15, -0.1) is 0 Å². The van der Waals surface area contributed by atoms with E-state index in [1.54, 1.807) is 24.3 Å². The molecule has 0 saturated heterocycles. The van der Waals surface area contributed by atoms with Crippen LogP contribution in [0.5, 0.6) is 0 Å². The monoisotopic (exact) mass is 254 g/mol. The zero-order valence-corrected chi connectivity index (χ0v) is 10.7. The zero-order valence-electron chi connectivity index (χ0n) is 10.7. The van der Waals surface area contributed by atoms with Crippen LogP contribution in [-0.2, 0) is 0 Å². The predicted molar refractivity (Wildman–Crippen MR) is 74.2 cm³/mol. The summed E-state index contributed by atoms with van der Waals surface area (Å²) in [6.07, 6.45) is 0.894. The zero-order chi connectivity index (χ0) is 13.7. The topological polar surface area (TPSA) is 35.8 Å². The lowest BCUT2D eigenvalue weighted by Crippen LogP contribution is -2.09. The Morgan fingerprint density at radius 2 is 1.74 bits per heavy atom. The third-order valence-corrected chi connectivity index (χ3v) is 3.04. The van der Waals surface area contributed by atoms with Gasteiger partial charge in [-0.2, -0.15) is 5.26 Å². The van der Waals surface area contributed by atoms with Gasteiger partial charge >= 0.3 is 0 Å². The van der Waals surface area contributed by atoms with E-state index in [0.717, 1.165) is 17.7 Å². The Hall–Kier alpha value is -2.34. The van der Waals surface area contributed by atoms with Crippen LogP contribution in [0.3, 0.4) is 0 Å².